The first-order valence-electron chi connectivity index (χ1n) is 5.39. The Morgan fingerprint density at radius 1 is 1.39 bits per heavy atom. The van der Waals surface area contributed by atoms with Crippen LogP contribution in [0.2, 0.25) is 0 Å². The molecular weight excluding hydrogens is 248 g/mol. The Kier molecular flexibility index (Phi) is 2.41. The molecule has 4 nitrogen and oxygen atoms in total. The van der Waals surface area contributed by atoms with E-state index >= 15 is 0 Å². The monoisotopic (exact) mass is 258 g/mol. The molecule has 18 heavy (non-hydrogen) atoms. The Bertz CT molecular complexity index is 742. The van der Waals surface area contributed by atoms with Gasteiger partial charge in [-0.3, -0.25) is 0 Å². The normalized spacial score (nSPS) is 10.9. The van der Waals surface area contributed by atoms with Crippen LogP contribution in [-0.4, -0.2) is 20.6 Å². The number of hydrogen-bond donors (Lipinski definition) is 1. The second kappa shape index (κ2) is 3.96. The zero-order valence-electron chi connectivity index (χ0n) is 9.62. The van der Waals surface area contributed by atoms with Crippen molar-refractivity contribution in [2.45, 2.75) is 0 Å². The van der Waals surface area contributed by atoms with E-state index in [0.717, 1.165) is 15.6 Å². The van der Waals surface area contributed by atoms with Gasteiger partial charge in [0, 0.05) is 28.1 Å². The van der Waals surface area contributed by atoms with Gasteiger partial charge in [0.25, 0.3) is 0 Å². The second-order valence-corrected chi connectivity index (χ2v) is 4.91. The largest absolute Gasteiger partial charge is 0.476 e. The van der Waals surface area contributed by atoms with Gasteiger partial charge < -0.3 is 9.67 Å². The number of nitrogens with zero attached hydrogens (tertiary/aromatic N) is 2. The van der Waals surface area contributed by atoms with E-state index in [0.29, 0.717) is 5.69 Å². The highest BCUT2D eigenvalue weighted by Gasteiger charge is 2.19. The van der Waals surface area contributed by atoms with E-state index in [-0.39, 0.29) is 5.69 Å². The van der Waals surface area contributed by atoms with Crippen molar-refractivity contribution < 1.29 is 9.90 Å². The minimum Gasteiger partial charge on any atom is -0.476 e. The zero-order chi connectivity index (χ0) is 12.7. The van der Waals surface area contributed by atoms with Gasteiger partial charge in [0.1, 0.15) is 0 Å². The third-order valence-corrected chi connectivity index (χ3v) is 3.84. The molecule has 0 amide bonds. The summed E-state index contributed by atoms with van der Waals surface area (Å²) in [7, 11) is 1.81. The second-order valence-electron chi connectivity index (χ2n) is 4.00. The lowest BCUT2D eigenvalue weighted by atomic mass is 10.1. The van der Waals surface area contributed by atoms with Gasteiger partial charge in [0.05, 0.1) is 12.0 Å². The quantitative estimate of drug-likeness (QED) is 0.768. The van der Waals surface area contributed by atoms with Crippen molar-refractivity contribution >= 4 is 27.4 Å². The topological polar surface area (TPSA) is 55.1 Å². The van der Waals surface area contributed by atoms with Crippen LogP contribution in [0.4, 0.5) is 0 Å². The number of aryl methyl sites for hydroxylation is 1. The summed E-state index contributed by atoms with van der Waals surface area (Å²) in [4.78, 5) is 15.1. The molecule has 0 aliphatic rings. The molecule has 3 rings (SSSR count). The van der Waals surface area contributed by atoms with Crippen LogP contribution in [0.1, 0.15) is 10.5 Å². The lowest BCUT2D eigenvalue weighted by molar-refractivity contribution is 0.0692. The van der Waals surface area contributed by atoms with Gasteiger partial charge in [0.2, 0.25) is 0 Å². The van der Waals surface area contributed by atoms with Crippen molar-refractivity contribution in [3.63, 3.8) is 0 Å². The van der Waals surface area contributed by atoms with Gasteiger partial charge in [-0.15, -0.1) is 11.3 Å². The van der Waals surface area contributed by atoms with Crippen LogP contribution in [0, 0.1) is 0 Å². The summed E-state index contributed by atoms with van der Waals surface area (Å²) in [5.74, 6) is -0.999. The van der Waals surface area contributed by atoms with Crippen molar-refractivity contribution in [3.8, 4) is 11.3 Å². The van der Waals surface area contributed by atoms with E-state index in [1.807, 2.05) is 29.6 Å². The number of benzene rings is 1. The Morgan fingerprint density at radius 3 is 2.94 bits per heavy atom. The molecule has 0 bridgehead atoms. The average molecular weight is 258 g/mol. The van der Waals surface area contributed by atoms with Crippen LogP contribution in [0.15, 0.2) is 36.0 Å². The van der Waals surface area contributed by atoms with Gasteiger partial charge >= 0.3 is 5.97 Å². The molecule has 1 aromatic carbocycles. The van der Waals surface area contributed by atoms with Crippen molar-refractivity contribution in [3.05, 3.63) is 41.7 Å². The summed E-state index contributed by atoms with van der Waals surface area (Å²) in [5.41, 5.74) is 1.68. The number of carboxylic acids is 1. The van der Waals surface area contributed by atoms with Gasteiger partial charge in [-0.05, 0) is 6.07 Å². The average Bonchev–Trinajstić information content (AvgIpc) is 2.92. The van der Waals surface area contributed by atoms with Crippen LogP contribution in [0.5, 0.6) is 0 Å². The molecule has 0 atom stereocenters. The molecule has 90 valence electrons. The number of carboxylic acid groups (broad SMARTS) is 1. The number of aromatic carboxylic acids is 1. The molecule has 0 saturated heterocycles. The number of carbonyl (C=O) groups is 1. The van der Waals surface area contributed by atoms with Gasteiger partial charge in [-0.25, -0.2) is 9.78 Å². The Hall–Kier alpha value is -2.14. The molecule has 3 aromatic rings. The molecule has 0 saturated carbocycles. The third-order valence-electron chi connectivity index (χ3n) is 2.88. The van der Waals surface area contributed by atoms with Crippen molar-refractivity contribution in [1.29, 1.82) is 0 Å². The molecule has 5 heteroatoms. The maximum Gasteiger partial charge on any atom is 0.356 e. The smallest absolute Gasteiger partial charge is 0.356 e. The number of rotatable bonds is 2. The standard InChI is InChI=1S/C13H10N2O2S/c1-15-7-14-11(13(16)17)12(15)9-6-18-10-5-3-2-4-8(9)10/h2-7H,1H3,(H,16,17). The molecule has 2 aromatic heterocycles. The van der Waals surface area contributed by atoms with Gasteiger partial charge in [-0.1, -0.05) is 18.2 Å². The fourth-order valence-electron chi connectivity index (χ4n) is 2.07. The summed E-state index contributed by atoms with van der Waals surface area (Å²) in [5, 5.41) is 12.2. The number of imidazole rings is 1. The predicted molar refractivity (Wildman–Crippen MR) is 71.0 cm³/mol. The van der Waals surface area contributed by atoms with Crippen LogP contribution in [-0.2, 0) is 7.05 Å². The Balaban J connectivity index is 2.33. The van der Waals surface area contributed by atoms with E-state index in [4.69, 9.17) is 0 Å². The number of thiophene rings is 1. The van der Waals surface area contributed by atoms with Crippen molar-refractivity contribution in [2.24, 2.45) is 7.05 Å². The first-order valence-corrected chi connectivity index (χ1v) is 6.27. The van der Waals surface area contributed by atoms with Crippen molar-refractivity contribution in [1.82, 2.24) is 9.55 Å². The SMILES string of the molecule is Cn1cnc(C(=O)O)c1-c1csc2ccccc12. The third kappa shape index (κ3) is 1.52. The van der Waals surface area contributed by atoms with E-state index in [1.165, 1.54) is 6.33 Å². The fraction of sp³-hybridized carbons (Fsp3) is 0.0769. The van der Waals surface area contributed by atoms with Crippen LogP contribution in [0.25, 0.3) is 21.3 Å². The molecule has 0 spiro atoms. The van der Waals surface area contributed by atoms with Crippen molar-refractivity contribution in [2.75, 3.05) is 0 Å². The summed E-state index contributed by atoms with van der Waals surface area (Å²) >= 11 is 1.61. The summed E-state index contributed by atoms with van der Waals surface area (Å²) in [6.07, 6.45) is 1.53. The van der Waals surface area contributed by atoms with E-state index in [9.17, 15) is 9.90 Å². The molecule has 0 aliphatic heterocycles. The minimum atomic E-state index is -0.999. The molecule has 0 unspecified atom stereocenters. The van der Waals surface area contributed by atoms with E-state index < -0.39 is 5.97 Å². The molecular formula is C13H10N2O2S. The molecule has 1 N–H and O–H groups in total. The lowest BCUT2D eigenvalue weighted by Gasteiger charge is -2.02. The Labute approximate surface area is 107 Å². The highest BCUT2D eigenvalue weighted by molar-refractivity contribution is 7.17. The minimum absolute atomic E-state index is 0.0982. The maximum absolute atomic E-state index is 11.2. The lowest BCUT2D eigenvalue weighted by Crippen LogP contribution is -2.00. The molecule has 0 aliphatic carbocycles. The van der Waals surface area contributed by atoms with Crippen LogP contribution >= 0.6 is 11.3 Å². The highest BCUT2D eigenvalue weighted by Crippen LogP contribution is 2.34. The number of hydrogen-bond acceptors (Lipinski definition) is 3. The summed E-state index contributed by atoms with van der Waals surface area (Å²) in [6, 6.07) is 7.96. The first-order chi connectivity index (χ1) is 8.68. The predicted octanol–water partition coefficient (Wildman–Crippen LogP) is 3.00. The summed E-state index contributed by atoms with van der Waals surface area (Å²) in [6.45, 7) is 0. The Morgan fingerprint density at radius 2 is 2.17 bits per heavy atom. The summed E-state index contributed by atoms with van der Waals surface area (Å²) < 4.78 is 2.89. The van der Waals surface area contributed by atoms with E-state index in [2.05, 4.69) is 4.98 Å². The zero-order valence-corrected chi connectivity index (χ0v) is 10.4. The molecule has 0 radical (unpaired) electrons. The highest BCUT2D eigenvalue weighted by atomic mass is 32.1. The van der Waals surface area contributed by atoms with E-state index in [1.54, 1.807) is 23.0 Å². The first kappa shape index (κ1) is 11.0. The molecule has 0 fully saturated rings. The van der Waals surface area contributed by atoms with Crippen LogP contribution < -0.4 is 0 Å². The van der Waals surface area contributed by atoms with Gasteiger partial charge in [-0.2, -0.15) is 0 Å². The van der Waals surface area contributed by atoms with Gasteiger partial charge in [0.15, 0.2) is 5.69 Å². The molecule has 2 heterocycles. The number of fused-ring (bicyclic) bond motifs is 1. The fourth-order valence-corrected chi connectivity index (χ4v) is 3.01. The maximum atomic E-state index is 11.2. The van der Waals surface area contributed by atoms with Crippen LogP contribution in [0.3, 0.4) is 0 Å². The number of aromatic nitrogens is 2.